The highest BCUT2D eigenvalue weighted by atomic mass is 19.1. The van der Waals surface area contributed by atoms with E-state index in [9.17, 15) is 14.0 Å². The number of carbonyl (C=O) groups excluding carboxylic acids is 2. The lowest BCUT2D eigenvalue weighted by Gasteiger charge is -2.28. The van der Waals surface area contributed by atoms with Crippen molar-refractivity contribution in [3.8, 4) is 0 Å². The first-order valence-electron chi connectivity index (χ1n) is 7.31. The molecule has 0 bridgehead atoms. The van der Waals surface area contributed by atoms with E-state index in [1.54, 1.807) is 32.0 Å². The van der Waals surface area contributed by atoms with Crippen molar-refractivity contribution in [1.29, 1.82) is 0 Å². The molecule has 0 saturated carbocycles. The highest BCUT2D eigenvalue weighted by Gasteiger charge is 2.25. The smallest absolute Gasteiger partial charge is 0.242 e. The molecule has 0 aliphatic rings. The fraction of sp³-hybridized carbons (Fsp3) is 0.500. The topological polar surface area (TPSA) is 49.4 Å². The third-order valence-corrected chi connectivity index (χ3v) is 3.32. The zero-order valence-electron chi connectivity index (χ0n) is 12.9. The molecule has 0 aliphatic carbocycles. The fourth-order valence-corrected chi connectivity index (χ4v) is 1.99. The average molecular weight is 294 g/mol. The van der Waals surface area contributed by atoms with Crippen LogP contribution in [0.25, 0.3) is 0 Å². The van der Waals surface area contributed by atoms with Gasteiger partial charge in [-0.2, -0.15) is 0 Å². The van der Waals surface area contributed by atoms with Crippen LogP contribution in [-0.2, 0) is 16.1 Å². The lowest BCUT2D eigenvalue weighted by atomic mass is 10.1. The molecule has 1 atom stereocenters. The first kappa shape index (κ1) is 17.1. The molecule has 5 heteroatoms. The summed E-state index contributed by atoms with van der Waals surface area (Å²) < 4.78 is 13.7. The molecule has 1 rings (SSSR count). The van der Waals surface area contributed by atoms with Crippen molar-refractivity contribution < 1.29 is 14.0 Å². The van der Waals surface area contributed by atoms with Gasteiger partial charge in [0.05, 0.1) is 0 Å². The molecule has 0 spiro atoms. The molecule has 0 fully saturated rings. The zero-order chi connectivity index (χ0) is 15.8. The van der Waals surface area contributed by atoms with Gasteiger partial charge in [-0.25, -0.2) is 4.39 Å². The largest absolute Gasteiger partial charge is 0.354 e. The summed E-state index contributed by atoms with van der Waals surface area (Å²) in [5, 5.41) is 2.77. The van der Waals surface area contributed by atoms with Crippen molar-refractivity contribution in [2.75, 3.05) is 6.54 Å². The number of carbonyl (C=O) groups is 2. The van der Waals surface area contributed by atoms with Crippen molar-refractivity contribution in [1.82, 2.24) is 10.2 Å². The quantitative estimate of drug-likeness (QED) is 0.840. The second kappa shape index (κ2) is 8.39. The van der Waals surface area contributed by atoms with E-state index in [0.29, 0.717) is 12.1 Å². The molecule has 0 aliphatic heterocycles. The first-order valence-corrected chi connectivity index (χ1v) is 7.31. The molecule has 1 aromatic rings. The Morgan fingerprint density at radius 2 is 1.95 bits per heavy atom. The maximum Gasteiger partial charge on any atom is 0.242 e. The standard InChI is InChI=1S/C16H23FN2O2/c1-4-10-18-16(21)12(3)19(15(20)5-2)11-13-8-6-7-9-14(13)17/h6-9,12H,4-5,10-11H2,1-3H3,(H,18,21)/t12-/m1/s1. The molecule has 0 unspecified atom stereocenters. The van der Waals surface area contributed by atoms with Crippen molar-refractivity contribution in [2.45, 2.75) is 46.2 Å². The zero-order valence-corrected chi connectivity index (χ0v) is 12.9. The molecule has 1 N–H and O–H groups in total. The Bertz CT molecular complexity index is 491. The summed E-state index contributed by atoms with van der Waals surface area (Å²) in [7, 11) is 0. The van der Waals surface area contributed by atoms with E-state index in [4.69, 9.17) is 0 Å². The molecule has 0 heterocycles. The summed E-state index contributed by atoms with van der Waals surface area (Å²) in [5.74, 6) is -0.750. The van der Waals surface area contributed by atoms with Crippen LogP contribution in [0.1, 0.15) is 39.2 Å². The van der Waals surface area contributed by atoms with E-state index in [2.05, 4.69) is 5.32 Å². The maximum absolute atomic E-state index is 13.7. The van der Waals surface area contributed by atoms with Gasteiger partial charge in [0.15, 0.2) is 0 Å². The SMILES string of the molecule is CCCNC(=O)[C@@H](C)N(Cc1ccccc1F)C(=O)CC. The van der Waals surface area contributed by atoms with Crippen LogP contribution in [0.5, 0.6) is 0 Å². The van der Waals surface area contributed by atoms with Gasteiger partial charge in [-0.3, -0.25) is 9.59 Å². The van der Waals surface area contributed by atoms with Crippen LogP contribution in [0.4, 0.5) is 4.39 Å². The Morgan fingerprint density at radius 1 is 1.29 bits per heavy atom. The lowest BCUT2D eigenvalue weighted by Crippen LogP contribution is -2.47. The molecule has 21 heavy (non-hydrogen) atoms. The van der Waals surface area contributed by atoms with Gasteiger partial charge in [-0.05, 0) is 19.4 Å². The number of amides is 2. The first-order chi connectivity index (χ1) is 10.0. The normalized spacial score (nSPS) is 11.8. The molecular weight excluding hydrogens is 271 g/mol. The number of nitrogens with one attached hydrogen (secondary N) is 1. The Morgan fingerprint density at radius 3 is 2.52 bits per heavy atom. The van der Waals surface area contributed by atoms with E-state index in [0.717, 1.165) is 6.42 Å². The number of halogens is 1. The molecule has 2 amide bonds. The van der Waals surface area contributed by atoms with E-state index < -0.39 is 6.04 Å². The minimum atomic E-state index is -0.622. The maximum atomic E-state index is 13.7. The average Bonchev–Trinajstić information content (AvgIpc) is 2.50. The van der Waals surface area contributed by atoms with Gasteiger partial charge in [0.1, 0.15) is 11.9 Å². The van der Waals surface area contributed by atoms with Gasteiger partial charge in [-0.15, -0.1) is 0 Å². The van der Waals surface area contributed by atoms with Gasteiger partial charge in [0.25, 0.3) is 0 Å². The summed E-state index contributed by atoms with van der Waals surface area (Å²) in [6.07, 6.45) is 1.10. The Labute approximate surface area is 125 Å². The van der Waals surface area contributed by atoms with E-state index in [1.807, 2.05) is 6.92 Å². The molecule has 4 nitrogen and oxygen atoms in total. The number of rotatable bonds is 7. The van der Waals surface area contributed by atoms with Crippen molar-refractivity contribution >= 4 is 11.8 Å². The minimum Gasteiger partial charge on any atom is -0.354 e. The highest BCUT2D eigenvalue weighted by Crippen LogP contribution is 2.13. The predicted molar refractivity (Wildman–Crippen MR) is 80.0 cm³/mol. The lowest BCUT2D eigenvalue weighted by molar-refractivity contribution is -0.140. The Hall–Kier alpha value is -1.91. The van der Waals surface area contributed by atoms with Crippen molar-refractivity contribution in [3.05, 3.63) is 35.6 Å². The van der Waals surface area contributed by atoms with Crippen LogP contribution < -0.4 is 5.32 Å². The highest BCUT2D eigenvalue weighted by molar-refractivity contribution is 5.87. The van der Waals surface area contributed by atoms with Crippen molar-refractivity contribution in [2.24, 2.45) is 0 Å². The number of nitrogens with zero attached hydrogens (tertiary/aromatic N) is 1. The Balaban J connectivity index is 2.88. The molecule has 1 aromatic carbocycles. The number of hydrogen-bond donors (Lipinski definition) is 1. The number of hydrogen-bond acceptors (Lipinski definition) is 2. The Kier molecular flexibility index (Phi) is 6.85. The molecule has 0 aromatic heterocycles. The third-order valence-electron chi connectivity index (χ3n) is 3.32. The van der Waals surface area contributed by atoms with Crippen molar-refractivity contribution in [3.63, 3.8) is 0 Å². The van der Waals surface area contributed by atoms with Gasteiger partial charge in [0.2, 0.25) is 11.8 Å². The summed E-state index contributed by atoms with van der Waals surface area (Å²) in [5.41, 5.74) is 0.412. The van der Waals surface area contributed by atoms with E-state index >= 15 is 0 Å². The van der Waals surface area contributed by atoms with Crippen LogP contribution in [0.3, 0.4) is 0 Å². The molecule has 116 valence electrons. The van der Waals surface area contributed by atoms with Crippen LogP contribution >= 0.6 is 0 Å². The molecule has 0 saturated heterocycles. The van der Waals surface area contributed by atoms with Gasteiger partial charge in [-0.1, -0.05) is 32.0 Å². The van der Waals surface area contributed by atoms with Crippen LogP contribution in [0.2, 0.25) is 0 Å². The molecule has 0 radical (unpaired) electrons. The predicted octanol–water partition coefficient (Wildman–Crippen LogP) is 2.48. The van der Waals surface area contributed by atoms with Crippen LogP contribution in [-0.4, -0.2) is 29.3 Å². The van der Waals surface area contributed by atoms with Gasteiger partial charge < -0.3 is 10.2 Å². The summed E-state index contributed by atoms with van der Waals surface area (Å²) in [6, 6.07) is 5.67. The van der Waals surface area contributed by atoms with E-state index in [1.165, 1.54) is 11.0 Å². The van der Waals surface area contributed by atoms with Gasteiger partial charge in [0, 0.05) is 25.1 Å². The molecular formula is C16H23FN2O2. The minimum absolute atomic E-state index is 0.0973. The number of benzene rings is 1. The monoisotopic (exact) mass is 294 g/mol. The van der Waals surface area contributed by atoms with Crippen LogP contribution in [0.15, 0.2) is 24.3 Å². The second-order valence-electron chi connectivity index (χ2n) is 4.93. The fourth-order valence-electron chi connectivity index (χ4n) is 1.99. The van der Waals surface area contributed by atoms with Gasteiger partial charge >= 0.3 is 0 Å². The second-order valence-corrected chi connectivity index (χ2v) is 4.93. The van der Waals surface area contributed by atoms with Crippen LogP contribution in [0, 0.1) is 5.82 Å². The summed E-state index contributed by atoms with van der Waals surface area (Å²) >= 11 is 0. The summed E-state index contributed by atoms with van der Waals surface area (Å²) in [4.78, 5) is 25.5. The third kappa shape index (κ3) is 4.85. The summed E-state index contributed by atoms with van der Waals surface area (Å²) in [6.45, 7) is 6.02. The van der Waals surface area contributed by atoms with E-state index in [-0.39, 0.29) is 30.6 Å².